The molecular weight excluding hydrogens is 208 g/mol. The monoisotopic (exact) mass is 214 g/mol. The minimum atomic E-state index is 0.0116. The molecule has 0 aliphatic rings. The number of carbonyl (C=O) groups is 1. The van der Waals surface area contributed by atoms with Crippen molar-refractivity contribution in [1.29, 1.82) is 0 Å². The largest absolute Gasteiger partial charge is 0.384 e. The fourth-order valence-electron chi connectivity index (χ4n) is 0.647. The van der Waals surface area contributed by atoms with Crippen LogP contribution in [0.3, 0.4) is 0 Å². The molecule has 0 spiro atoms. The van der Waals surface area contributed by atoms with E-state index in [1.807, 2.05) is 0 Å². The predicted molar refractivity (Wildman–Crippen MR) is 46.8 cm³/mol. The number of rotatable bonds is 2. The molecule has 1 heterocycles. The van der Waals surface area contributed by atoms with Crippen molar-refractivity contribution in [2.45, 2.75) is 0 Å². The van der Waals surface area contributed by atoms with Gasteiger partial charge in [-0.25, -0.2) is 4.98 Å². The van der Waals surface area contributed by atoms with Gasteiger partial charge in [-0.1, -0.05) is 15.9 Å². The first-order valence-electron chi connectivity index (χ1n) is 3.04. The van der Waals surface area contributed by atoms with Gasteiger partial charge in [0.1, 0.15) is 5.82 Å². The third-order valence-corrected chi connectivity index (χ3v) is 1.74. The highest BCUT2D eigenvalue weighted by atomic mass is 79.9. The molecule has 11 heavy (non-hydrogen) atoms. The number of hydrogen-bond donors (Lipinski definition) is 1. The van der Waals surface area contributed by atoms with E-state index in [0.717, 1.165) is 0 Å². The Bertz CT molecular complexity index is 258. The number of ketones is 1. The Hall–Kier alpha value is -0.900. The quantitative estimate of drug-likeness (QED) is 0.596. The van der Waals surface area contributed by atoms with Gasteiger partial charge in [0.15, 0.2) is 5.78 Å². The minimum absolute atomic E-state index is 0.0116. The van der Waals surface area contributed by atoms with Gasteiger partial charge in [-0.15, -0.1) is 0 Å². The van der Waals surface area contributed by atoms with Crippen LogP contribution in [0, 0.1) is 0 Å². The third kappa shape index (κ3) is 2.01. The molecule has 1 aromatic heterocycles. The molecule has 1 rings (SSSR count). The number of hydrogen-bond acceptors (Lipinski definition) is 3. The minimum Gasteiger partial charge on any atom is -0.384 e. The first kappa shape index (κ1) is 8.20. The van der Waals surface area contributed by atoms with Crippen LogP contribution in [0.1, 0.15) is 10.4 Å². The van der Waals surface area contributed by atoms with Gasteiger partial charge in [0.25, 0.3) is 0 Å². The van der Waals surface area contributed by atoms with E-state index in [4.69, 9.17) is 5.73 Å². The van der Waals surface area contributed by atoms with Gasteiger partial charge in [-0.3, -0.25) is 4.79 Å². The second kappa shape index (κ2) is 3.48. The number of nitrogens with two attached hydrogens (primary N) is 1. The van der Waals surface area contributed by atoms with E-state index in [2.05, 4.69) is 20.9 Å². The lowest BCUT2D eigenvalue weighted by Crippen LogP contribution is -2.01. The molecule has 0 bridgehead atoms. The molecule has 0 fully saturated rings. The molecule has 0 atom stereocenters. The fourth-order valence-corrected chi connectivity index (χ4v) is 0.971. The molecule has 0 saturated heterocycles. The fraction of sp³-hybridized carbons (Fsp3) is 0.143. The Morgan fingerprint density at radius 2 is 2.36 bits per heavy atom. The standard InChI is InChI=1S/C7H7BrN2O/c8-3-6(11)5-1-2-7(9)10-4-5/h1-2,4H,3H2,(H2,9,10). The number of nitrogen functional groups attached to an aromatic ring is 1. The van der Waals surface area contributed by atoms with Crippen molar-refractivity contribution in [3.8, 4) is 0 Å². The normalized spacial score (nSPS) is 9.55. The van der Waals surface area contributed by atoms with Crippen molar-refractivity contribution < 1.29 is 4.79 Å². The molecule has 0 amide bonds. The van der Waals surface area contributed by atoms with Gasteiger partial charge in [-0.05, 0) is 12.1 Å². The summed E-state index contributed by atoms with van der Waals surface area (Å²) in [5.41, 5.74) is 5.91. The highest BCUT2D eigenvalue weighted by Crippen LogP contribution is 2.03. The molecule has 0 aromatic carbocycles. The van der Waals surface area contributed by atoms with Crippen LogP contribution in [0.5, 0.6) is 0 Å². The summed E-state index contributed by atoms with van der Waals surface area (Å²) in [6.45, 7) is 0. The lowest BCUT2D eigenvalue weighted by atomic mass is 10.2. The number of halogens is 1. The van der Waals surface area contributed by atoms with Gasteiger partial charge >= 0.3 is 0 Å². The molecular formula is C7H7BrN2O. The zero-order chi connectivity index (χ0) is 8.27. The molecule has 0 radical (unpaired) electrons. The van der Waals surface area contributed by atoms with E-state index in [0.29, 0.717) is 16.7 Å². The highest BCUT2D eigenvalue weighted by molar-refractivity contribution is 9.09. The number of carbonyl (C=O) groups excluding carboxylic acids is 1. The smallest absolute Gasteiger partial charge is 0.174 e. The van der Waals surface area contributed by atoms with E-state index in [9.17, 15) is 4.79 Å². The maximum atomic E-state index is 11.0. The van der Waals surface area contributed by atoms with Crippen LogP contribution in [0.4, 0.5) is 5.82 Å². The maximum Gasteiger partial charge on any atom is 0.174 e. The third-order valence-electron chi connectivity index (χ3n) is 1.23. The summed E-state index contributed by atoms with van der Waals surface area (Å²) in [6, 6.07) is 3.27. The molecule has 2 N–H and O–H groups in total. The first-order valence-corrected chi connectivity index (χ1v) is 4.17. The molecule has 0 aliphatic carbocycles. The van der Waals surface area contributed by atoms with Gasteiger partial charge in [0.05, 0.1) is 5.33 Å². The molecule has 0 aliphatic heterocycles. The lowest BCUT2D eigenvalue weighted by molar-refractivity contribution is 0.102. The average Bonchev–Trinajstić information content (AvgIpc) is 2.05. The second-order valence-corrected chi connectivity index (χ2v) is 2.59. The average molecular weight is 215 g/mol. The van der Waals surface area contributed by atoms with E-state index in [1.165, 1.54) is 6.20 Å². The van der Waals surface area contributed by atoms with Crippen molar-refractivity contribution in [3.05, 3.63) is 23.9 Å². The molecule has 58 valence electrons. The Morgan fingerprint density at radius 1 is 1.64 bits per heavy atom. The number of alkyl halides is 1. The number of pyridine rings is 1. The SMILES string of the molecule is Nc1ccc(C(=O)CBr)cn1. The summed E-state index contributed by atoms with van der Waals surface area (Å²) >= 11 is 3.06. The first-order chi connectivity index (χ1) is 5.24. The van der Waals surface area contributed by atoms with E-state index in [-0.39, 0.29) is 5.78 Å². The molecule has 4 heteroatoms. The second-order valence-electron chi connectivity index (χ2n) is 2.03. The van der Waals surface area contributed by atoms with Gasteiger partial charge in [-0.2, -0.15) is 0 Å². The summed E-state index contributed by atoms with van der Waals surface area (Å²) in [6.07, 6.45) is 1.47. The Labute approximate surface area is 72.7 Å². The van der Waals surface area contributed by atoms with Crippen LogP contribution in [0.2, 0.25) is 0 Å². The van der Waals surface area contributed by atoms with Crippen molar-refractivity contribution in [2.24, 2.45) is 0 Å². The Kier molecular flexibility index (Phi) is 2.59. The molecule has 0 saturated carbocycles. The van der Waals surface area contributed by atoms with Crippen molar-refractivity contribution in [2.75, 3.05) is 11.1 Å². The highest BCUT2D eigenvalue weighted by Gasteiger charge is 2.02. The van der Waals surface area contributed by atoms with Gasteiger partial charge in [0, 0.05) is 11.8 Å². The van der Waals surface area contributed by atoms with Gasteiger partial charge in [0.2, 0.25) is 0 Å². The number of nitrogens with zero attached hydrogens (tertiary/aromatic N) is 1. The Morgan fingerprint density at radius 3 is 2.82 bits per heavy atom. The predicted octanol–water partition coefficient (Wildman–Crippen LogP) is 1.24. The zero-order valence-corrected chi connectivity index (χ0v) is 7.34. The van der Waals surface area contributed by atoms with E-state index >= 15 is 0 Å². The number of aromatic nitrogens is 1. The van der Waals surface area contributed by atoms with Crippen LogP contribution in [0.15, 0.2) is 18.3 Å². The summed E-state index contributed by atoms with van der Waals surface area (Å²) in [4.78, 5) is 14.8. The Balaban J connectivity index is 2.90. The van der Waals surface area contributed by atoms with Crippen LogP contribution in [0.25, 0.3) is 0 Å². The summed E-state index contributed by atoms with van der Waals surface area (Å²) in [5.74, 6) is 0.439. The summed E-state index contributed by atoms with van der Waals surface area (Å²) in [5, 5.41) is 0.318. The van der Waals surface area contributed by atoms with Gasteiger partial charge < -0.3 is 5.73 Å². The van der Waals surface area contributed by atoms with Crippen LogP contribution in [-0.4, -0.2) is 16.1 Å². The van der Waals surface area contributed by atoms with Crippen LogP contribution < -0.4 is 5.73 Å². The lowest BCUT2D eigenvalue weighted by Gasteiger charge is -1.95. The van der Waals surface area contributed by atoms with Crippen LogP contribution >= 0.6 is 15.9 Å². The summed E-state index contributed by atoms with van der Waals surface area (Å²) in [7, 11) is 0. The van der Waals surface area contributed by atoms with Crippen molar-refractivity contribution >= 4 is 27.5 Å². The van der Waals surface area contributed by atoms with Crippen molar-refractivity contribution in [1.82, 2.24) is 4.98 Å². The van der Waals surface area contributed by atoms with E-state index in [1.54, 1.807) is 12.1 Å². The maximum absolute atomic E-state index is 11.0. The van der Waals surface area contributed by atoms with E-state index < -0.39 is 0 Å². The zero-order valence-electron chi connectivity index (χ0n) is 5.75. The summed E-state index contributed by atoms with van der Waals surface area (Å²) < 4.78 is 0. The number of anilines is 1. The van der Waals surface area contributed by atoms with Crippen LogP contribution in [-0.2, 0) is 0 Å². The molecule has 3 nitrogen and oxygen atoms in total. The van der Waals surface area contributed by atoms with Crippen molar-refractivity contribution in [3.63, 3.8) is 0 Å². The molecule has 1 aromatic rings. The number of Topliss-reactive ketones (excluding diaryl/α,β-unsaturated/α-hetero) is 1. The topological polar surface area (TPSA) is 56.0 Å². The molecule has 0 unspecified atom stereocenters.